The van der Waals surface area contributed by atoms with Crippen molar-refractivity contribution in [3.05, 3.63) is 0 Å². The molecule has 0 radical (unpaired) electrons. The van der Waals surface area contributed by atoms with Crippen molar-refractivity contribution >= 4 is 0 Å². The molecule has 9 heteroatoms. The summed E-state index contributed by atoms with van der Waals surface area (Å²) in [5.41, 5.74) is 0. The molecule has 0 heterocycles. The molecule has 16 heavy (non-hydrogen) atoms. The van der Waals surface area contributed by atoms with Crippen molar-refractivity contribution in [3.8, 4) is 0 Å². The molecule has 0 saturated carbocycles. The summed E-state index contributed by atoms with van der Waals surface area (Å²) in [7, 11) is 0. The number of ether oxygens (including phenoxy) is 1. The average Bonchev–Trinajstić information content (AvgIpc) is 2.11. The van der Waals surface area contributed by atoms with Crippen LogP contribution >= 0.6 is 0 Å². The van der Waals surface area contributed by atoms with Gasteiger partial charge in [0.15, 0.2) is 0 Å². The highest BCUT2D eigenvalue weighted by atomic mass is 19.4. The Balaban J connectivity index is 4.88. The van der Waals surface area contributed by atoms with E-state index in [-0.39, 0.29) is 0 Å². The molecule has 0 aromatic heterocycles. The van der Waals surface area contributed by atoms with Gasteiger partial charge in [-0.25, -0.2) is 4.39 Å². The SMILES string of the molecule is CCOCC(F)(F)C(F)(F)C(F)C(F)(F)F. The molecule has 0 aromatic carbocycles. The number of hydrogen-bond acceptors (Lipinski definition) is 1. The maximum absolute atomic E-state index is 12.6. The van der Waals surface area contributed by atoms with Crippen LogP contribution in [0.3, 0.4) is 0 Å². The Morgan fingerprint density at radius 2 is 1.44 bits per heavy atom. The van der Waals surface area contributed by atoms with E-state index in [2.05, 4.69) is 4.74 Å². The van der Waals surface area contributed by atoms with Crippen LogP contribution in [0.25, 0.3) is 0 Å². The van der Waals surface area contributed by atoms with E-state index in [0.29, 0.717) is 0 Å². The summed E-state index contributed by atoms with van der Waals surface area (Å²) in [6, 6.07) is 0. The quantitative estimate of drug-likeness (QED) is 0.690. The summed E-state index contributed by atoms with van der Waals surface area (Å²) in [5, 5.41) is 0. The Morgan fingerprint density at radius 1 is 1.00 bits per heavy atom. The van der Waals surface area contributed by atoms with Gasteiger partial charge in [0, 0.05) is 6.61 Å². The Kier molecular flexibility index (Phi) is 4.55. The maximum atomic E-state index is 12.6. The van der Waals surface area contributed by atoms with Crippen molar-refractivity contribution in [1.29, 1.82) is 0 Å². The van der Waals surface area contributed by atoms with Gasteiger partial charge in [-0.2, -0.15) is 30.7 Å². The topological polar surface area (TPSA) is 9.23 Å². The fourth-order valence-corrected chi connectivity index (χ4v) is 0.717. The van der Waals surface area contributed by atoms with Gasteiger partial charge in [-0.05, 0) is 6.92 Å². The first kappa shape index (κ1) is 15.4. The molecule has 0 rings (SSSR count). The zero-order chi connectivity index (χ0) is 13.2. The molecule has 0 bridgehead atoms. The van der Waals surface area contributed by atoms with E-state index >= 15 is 0 Å². The molecule has 0 aliphatic carbocycles. The molecule has 0 aliphatic rings. The summed E-state index contributed by atoms with van der Waals surface area (Å²) in [6.07, 6.45) is -11.0. The van der Waals surface area contributed by atoms with Gasteiger partial charge in [-0.15, -0.1) is 0 Å². The fourth-order valence-electron chi connectivity index (χ4n) is 0.717. The summed E-state index contributed by atoms with van der Waals surface area (Å²) >= 11 is 0. The van der Waals surface area contributed by atoms with Gasteiger partial charge in [-0.1, -0.05) is 0 Å². The standard InChI is InChI=1S/C7H8F8O/c1-2-16-3-5(9,10)6(11,12)4(8)7(13,14)15/h4H,2-3H2,1H3. The predicted molar refractivity (Wildman–Crippen MR) is 37.3 cm³/mol. The van der Waals surface area contributed by atoms with Crippen molar-refractivity contribution in [2.45, 2.75) is 31.1 Å². The second kappa shape index (κ2) is 4.72. The van der Waals surface area contributed by atoms with E-state index in [4.69, 9.17) is 0 Å². The average molecular weight is 260 g/mol. The highest BCUT2D eigenvalue weighted by Crippen LogP contribution is 2.44. The van der Waals surface area contributed by atoms with Crippen molar-refractivity contribution in [1.82, 2.24) is 0 Å². The van der Waals surface area contributed by atoms with E-state index in [9.17, 15) is 35.1 Å². The van der Waals surface area contributed by atoms with Crippen LogP contribution in [0.4, 0.5) is 35.1 Å². The molecule has 0 aromatic rings. The maximum Gasteiger partial charge on any atom is 0.425 e. The van der Waals surface area contributed by atoms with Gasteiger partial charge in [0.1, 0.15) is 6.61 Å². The summed E-state index contributed by atoms with van der Waals surface area (Å²) in [6.45, 7) is -1.22. The number of hydrogen-bond donors (Lipinski definition) is 0. The first-order chi connectivity index (χ1) is 6.97. The van der Waals surface area contributed by atoms with Crippen LogP contribution in [0, 0.1) is 0 Å². The summed E-state index contributed by atoms with van der Waals surface area (Å²) < 4.78 is 101. The van der Waals surface area contributed by atoms with Crippen LogP contribution < -0.4 is 0 Å². The third-order valence-electron chi connectivity index (χ3n) is 1.58. The molecular weight excluding hydrogens is 252 g/mol. The molecule has 0 spiro atoms. The van der Waals surface area contributed by atoms with E-state index in [1.54, 1.807) is 0 Å². The van der Waals surface area contributed by atoms with Gasteiger partial charge in [-0.3, -0.25) is 0 Å². The lowest BCUT2D eigenvalue weighted by Crippen LogP contribution is -2.55. The lowest BCUT2D eigenvalue weighted by atomic mass is 10.1. The van der Waals surface area contributed by atoms with Gasteiger partial charge in [0.05, 0.1) is 0 Å². The molecular formula is C7H8F8O. The Morgan fingerprint density at radius 3 is 1.75 bits per heavy atom. The second-order valence-electron chi connectivity index (χ2n) is 2.87. The minimum absolute atomic E-state index is 0.408. The zero-order valence-electron chi connectivity index (χ0n) is 7.92. The Bertz CT molecular complexity index is 223. The van der Waals surface area contributed by atoms with Gasteiger partial charge in [0.2, 0.25) is 0 Å². The lowest BCUT2D eigenvalue weighted by Gasteiger charge is -2.29. The third-order valence-corrected chi connectivity index (χ3v) is 1.58. The van der Waals surface area contributed by atoms with Gasteiger partial charge in [0.25, 0.3) is 6.17 Å². The van der Waals surface area contributed by atoms with Crippen LogP contribution in [0.5, 0.6) is 0 Å². The van der Waals surface area contributed by atoms with E-state index in [1.165, 1.54) is 6.92 Å². The monoisotopic (exact) mass is 260 g/mol. The van der Waals surface area contributed by atoms with Gasteiger partial charge < -0.3 is 4.74 Å². The summed E-state index contributed by atoms with van der Waals surface area (Å²) in [4.78, 5) is 0. The van der Waals surface area contributed by atoms with Crippen molar-refractivity contribution in [2.24, 2.45) is 0 Å². The minimum Gasteiger partial charge on any atom is -0.375 e. The predicted octanol–water partition coefficient (Wildman–Crippen LogP) is 3.19. The van der Waals surface area contributed by atoms with E-state index in [1.807, 2.05) is 0 Å². The van der Waals surface area contributed by atoms with Crippen LogP contribution in [0.1, 0.15) is 6.92 Å². The number of halogens is 8. The van der Waals surface area contributed by atoms with Crippen LogP contribution in [0.2, 0.25) is 0 Å². The number of alkyl halides is 8. The smallest absolute Gasteiger partial charge is 0.375 e. The Labute approximate surface area is 85.4 Å². The minimum atomic E-state index is -6.06. The zero-order valence-corrected chi connectivity index (χ0v) is 7.92. The van der Waals surface area contributed by atoms with E-state index in [0.717, 1.165) is 0 Å². The Hall–Kier alpha value is -0.600. The molecule has 0 aliphatic heterocycles. The van der Waals surface area contributed by atoms with Crippen molar-refractivity contribution < 1.29 is 39.9 Å². The second-order valence-corrected chi connectivity index (χ2v) is 2.87. The van der Waals surface area contributed by atoms with Crippen molar-refractivity contribution in [2.75, 3.05) is 13.2 Å². The first-order valence-electron chi connectivity index (χ1n) is 4.01. The molecule has 0 fully saturated rings. The van der Waals surface area contributed by atoms with Crippen molar-refractivity contribution in [3.63, 3.8) is 0 Å². The number of rotatable bonds is 5. The summed E-state index contributed by atoms with van der Waals surface area (Å²) in [5.74, 6) is -11.1. The van der Waals surface area contributed by atoms with E-state index < -0.39 is 37.4 Å². The molecule has 1 atom stereocenters. The van der Waals surface area contributed by atoms with Crippen LogP contribution in [-0.4, -0.2) is 37.4 Å². The molecule has 1 nitrogen and oxygen atoms in total. The van der Waals surface area contributed by atoms with Gasteiger partial charge >= 0.3 is 18.0 Å². The molecule has 0 saturated heterocycles. The fraction of sp³-hybridized carbons (Fsp3) is 1.00. The normalized spacial score (nSPS) is 16.3. The molecule has 1 unspecified atom stereocenters. The first-order valence-corrected chi connectivity index (χ1v) is 4.01. The highest BCUT2D eigenvalue weighted by Gasteiger charge is 2.69. The largest absolute Gasteiger partial charge is 0.425 e. The molecule has 0 amide bonds. The third kappa shape index (κ3) is 3.19. The van der Waals surface area contributed by atoms with Crippen LogP contribution in [0.15, 0.2) is 0 Å². The molecule has 98 valence electrons. The highest BCUT2D eigenvalue weighted by molar-refractivity contribution is 4.94. The lowest BCUT2D eigenvalue weighted by molar-refractivity contribution is -0.314. The van der Waals surface area contributed by atoms with Crippen LogP contribution in [-0.2, 0) is 4.74 Å². The molecule has 0 N–H and O–H groups in total.